The van der Waals surface area contributed by atoms with E-state index in [1.807, 2.05) is 0 Å². The van der Waals surface area contributed by atoms with Gasteiger partial charge in [-0.1, -0.05) is 23.4 Å². The molecule has 0 aliphatic heterocycles. The van der Waals surface area contributed by atoms with Gasteiger partial charge in [-0.05, 0) is 24.3 Å². The molecule has 1 aromatic carbocycles. The van der Waals surface area contributed by atoms with Gasteiger partial charge in [0.2, 0.25) is 5.76 Å². The molecule has 23 heavy (non-hydrogen) atoms. The van der Waals surface area contributed by atoms with Crippen LogP contribution >= 0.6 is 0 Å². The summed E-state index contributed by atoms with van der Waals surface area (Å²) >= 11 is 0. The fourth-order valence-electron chi connectivity index (χ4n) is 1.88. The molecule has 0 aliphatic rings. The molecule has 2 heterocycles. The molecule has 5 nitrogen and oxygen atoms in total. The molecule has 0 amide bonds. The molecule has 3 rings (SSSR count). The van der Waals surface area contributed by atoms with Crippen molar-refractivity contribution in [3.63, 3.8) is 0 Å². The predicted octanol–water partition coefficient (Wildman–Crippen LogP) is 3.83. The van der Waals surface area contributed by atoms with Crippen molar-refractivity contribution in [1.82, 2.24) is 5.16 Å². The number of hydrogen-bond acceptors (Lipinski definition) is 5. The lowest BCUT2D eigenvalue weighted by atomic mass is 10.2. The molecular weight excluding hydrogens is 301 g/mol. The van der Waals surface area contributed by atoms with E-state index >= 15 is 0 Å². The number of esters is 1. The van der Waals surface area contributed by atoms with Gasteiger partial charge in [-0.2, -0.15) is 0 Å². The summed E-state index contributed by atoms with van der Waals surface area (Å²) in [5.74, 6) is -0.0237. The number of hydrogen-bond donors (Lipinski definition) is 0. The second kappa shape index (κ2) is 6.74. The summed E-state index contributed by atoms with van der Waals surface area (Å²) in [5, 5.41) is 3.78. The minimum atomic E-state index is -0.601. The van der Waals surface area contributed by atoms with Crippen molar-refractivity contribution in [3.8, 4) is 11.5 Å². The van der Waals surface area contributed by atoms with Crippen LogP contribution in [0.4, 0.5) is 4.39 Å². The summed E-state index contributed by atoms with van der Waals surface area (Å²) in [6, 6.07) is 11.2. The highest BCUT2D eigenvalue weighted by Crippen LogP contribution is 2.20. The minimum Gasteiger partial charge on any atom is -0.461 e. The Morgan fingerprint density at radius 1 is 1.22 bits per heavy atom. The number of rotatable bonds is 5. The van der Waals surface area contributed by atoms with Crippen molar-refractivity contribution in [2.45, 2.75) is 6.61 Å². The number of aromatic nitrogens is 1. The van der Waals surface area contributed by atoms with Gasteiger partial charge in [-0.25, -0.2) is 9.18 Å². The first-order valence-corrected chi connectivity index (χ1v) is 6.81. The van der Waals surface area contributed by atoms with Crippen LogP contribution in [0.3, 0.4) is 0 Å². The van der Waals surface area contributed by atoms with Crippen molar-refractivity contribution in [3.05, 3.63) is 71.9 Å². The smallest absolute Gasteiger partial charge is 0.331 e. The Morgan fingerprint density at radius 3 is 2.87 bits per heavy atom. The Morgan fingerprint density at radius 2 is 2.09 bits per heavy atom. The van der Waals surface area contributed by atoms with E-state index in [-0.39, 0.29) is 6.61 Å². The normalized spacial score (nSPS) is 11.0. The third kappa shape index (κ3) is 3.74. The molecule has 0 fully saturated rings. The van der Waals surface area contributed by atoms with Crippen LogP contribution in [0, 0.1) is 5.82 Å². The van der Waals surface area contributed by atoms with Gasteiger partial charge in [-0.15, -0.1) is 0 Å². The first kappa shape index (κ1) is 14.8. The van der Waals surface area contributed by atoms with Crippen LogP contribution in [-0.4, -0.2) is 11.1 Å². The third-order valence-electron chi connectivity index (χ3n) is 2.99. The van der Waals surface area contributed by atoms with Gasteiger partial charge in [0.05, 0.1) is 6.26 Å². The SMILES string of the molecule is O=C(/C=C/c1ccccc1F)OCc1cc(-c2ccco2)on1. The number of carbonyl (C=O) groups excluding carboxylic acids is 1. The summed E-state index contributed by atoms with van der Waals surface area (Å²) in [6.45, 7) is -0.0509. The van der Waals surface area contributed by atoms with Gasteiger partial charge in [0, 0.05) is 17.7 Å². The zero-order chi connectivity index (χ0) is 16.1. The number of nitrogens with zero attached hydrogens (tertiary/aromatic N) is 1. The Kier molecular flexibility index (Phi) is 4.33. The molecule has 0 bridgehead atoms. The molecule has 116 valence electrons. The van der Waals surface area contributed by atoms with E-state index in [4.69, 9.17) is 13.7 Å². The topological polar surface area (TPSA) is 65.5 Å². The van der Waals surface area contributed by atoms with Crippen LogP contribution in [0.15, 0.2) is 63.7 Å². The van der Waals surface area contributed by atoms with Crippen molar-refractivity contribution in [2.75, 3.05) is 0 Å². The maximum atomic E-state index is 13.4. The fraction of sp³-hybridized carbons (Fsp3) is 0.0588. The highest BCUT2D eigenvalue weighted by atomic mass is 19.1. The molecule has 0 unspecified atom stereocenters. The fourth-order valence-corrected chi connectivity index (χ4v) is 1.88. The maximum absolute atomic E-state index is 13.4. The zero-order valence-corrected chi connectivity index (χ0v) is 11.9. The van der Waals surface area contributed by atoms with Crippen molar-refractivity contribution < 1.29 is 22.9 Å². The van der Waals surface area contributed by atoms with Gasteiger partial charge in [0.1, 0.15) is 18.1 Å². The second-order valence-electron chi connectivity index (χ2n) is 4.62. The number of benzene rings is 1. The molecule has 3 aromatic rings. The summed E-state index contributed by atoms with van der Waals surface area (Å²) in [4.78, 5) is 11.6. The van der Waals surface area contributed by atoms with Gasteiger partial charge in [-0.3, -0.25) is 0 Å². The Bertz CT molecular complexity index is 821. The second-order valence-corrected chi connectivity index (χ2v) is 4.62. The molecule has 0 radical (unpaired) electrons. The molecule has 0 aliphatic carbocycles. The van der Waals surface area contributed by atoms with Crippen molar-refractivity contribution >= 4 is 12.0 Å². The molecule has 2 aromatic heterocycles. The van der Waals surface area contributed by atoms with Crippen molar-refractivity contribution in [2.24, 2.45) is 0 Å². The molecular formula is C17H12FNO4. The zero-order valence-electron chi connectivity index (χ0n) is 11.9. The largest absolute Gasteiger partial charge is 0.461 e. The van der Waals surface area contributed by atoms with Crippen LogP contribution in [0.2, 0.25) is 0 Å². The van der Waals surface area contributed by atoms with E-state index in [9.17, 15) is 9.18 Å². The lowest BCUT2D eigenvalue weighted by Gasteiger charge is -1.98. The molecule has 0 saturated heterocycles. The van der Waals surface area contributed by atoms with Gasteiger partial charge in [0.25, 0.3) is 0 Å². The molecule has 0 spiro atoms. The van der Waals surface area contributed by atoms with Crippen LogP contribution in [0.25, 0.3) is 17.6 Å². The number of ether oxygens (including phenoxy) is 1. The first-order chi connectivity index (χ1) is 11.2. The average molecular weight is 313 g/mol. The number of carbonyl (C=O) groups is 1. The molecule has 0 N–H and O–H groups in total. The molecule has 0 saturated carbocycles. The lowest BCUT2D eigenvalue weighted by molar-refractivity contribution is -0.139. The van der Waals surface area contributed by atoms with E-state index in [2.05, 4.69) is 5.16 Å². The van der Waals surface area contributed by atoms with Gasteiger partial charge in [0.15, 0.2) is 5.76 Å². The predicted molar refractivity (Wildman–Crippen MR) is 79.4 cm³/mol. The maximum Gasteiger partial charge on any atom is 0.331 e. The Balaban J connectivity index is 1.56. The van der Waals surface area contributed by atoms with E-state index < -0.39 is 11.8 Å². The average Bonchev–Trinajstić information content (AvgIpc) is 3.23. The monoisotopic (exact) mass is 313 g/mol. The summed E-state index contributed by atoms with van der Waals surface area (Å²) in [7, 11) is 0. The van der Waals surface area contributed by atoms with Crippen molar-refractivity contribution in [1.29, 1.82) is 0 Å². The quantitative estimate of drug-likeness (QED) is 0.529. The number of halogens is 1. The van der Waals surface area contributed by atoms with Crippen LogP contribution in [0.1, 0.15) is 11.3 Å². The van der Waals surface area contributed by atoms with E-state index in [1.165, 1.54) is 18.4 Å². The summed E-state index contributed by atoms with van der Waals surface area (Å²) in [5.41, 5.74) is 0.759. The van der Waals surface area contributed by atoms with E-state index in [1.54, 1.807) is 36.4 Å². The molecule has 6 heteroatoms. The highest BCUT2D eigenvalue weighted by molar-refractivity contribution is 5.87. The Labute approximate surface area is 131 Å². The van der Waals surface area contributed by atoms with Gasteiger partial charge < -0.3 is 13.7 Å². The number of furan rings is 1. The highest BCUT2D eigenvalue weighted by Gasteiger charge is 2.10. The standard InChI is InChI=1S/C17H12FNO4/c18-14-5-2-1-4-12(14)7-8-17(20)22-11-13-10-16(23-19-13)15-6-3-9-21-15/h1-10H,11H2/b8-7+. The van der Waals surface area contributed by atoms with E-state index in [0.717, 1.165) is 6.08 Å². The van der Waals surface area contributed by atoms with Crippen LogP contribution in [-0.2, 0) is 16.1 Å². The Hall–Kier alpha value is -3.15. The van der Waals surface area contributed by atoms with Crippen LogP contribution in [0.5, 0.6) is 0 Å². The van der Waals surface area contributed by atoms with E-state index in [0.29, 0.717) is 22.8 Å². The summed E-state index contributed by atoms with van der Waals surface area (Å²) in [6.07, 6.45) is 4.03. The third-order valence-corrected chi connectivity index (χ3v) is 2.99. The minimum absolute atomic E-state index is 0.0509. The summed E-state index contributed by atoms with van der Waals surface area (Å²) < 4.78 is 28.7. The van der Waals surface area contributed by atoms with Crippen LogP contribution < -0.4 is 0 Å². The molecule has 0 atom stereocenters. The first-order valence-electron chi connectivity index (χ1n) is 6.81. The lowest BCUT2D eigenvalue weighted by Crippen LogP contribution is -2.00. The van der Waals surface area contributed by atoms with Gasteiger partial charge >= 0.3 is 5.97 Å².